The third-order valence-corrected chi connectivity index (χ3v) is 8.32. The van der Waals surface area contributed by atoms with Gasteiger partial charge in [-0.15, -0.1) is 0 Å². The Hall–Kier alpha value is -3.39. The number of benzene rings is 2. The van der Waals surface area contributed by atoms with Crippen LogP contribution < -0.4 is 9.64 Å². The van der Waals surface area contributed by atoms with Gasteiger partial charge >= 0.3 is 6.01 Å². The summed E-state index contributed by atoms with van der Waals surface area (Å²) in [7, 11) is 0. The number of pyridine rings is 1. The van der Waals surface area contributed by atoms with Gasteiger partial charge < -0.3 is 14.7 Å². The van der Waals surface area contributed by atoms with Gasteiger partial charge in [-0.2, -0.15) is 9.97 Å². The molecule has 1 saturated heterocycles. The van der Waals surface area contributed by atoms with Crippen LogP contribution in [0, 0.1) is 29.9 Å². The smallest absolute Gasteiger partial charge is 0.319 e. The van der Waals surface area contributed by atoms with Gasteiger partial charge in [0.1, 0.15) is 22.8 Å². The highest BCUT2D eigenvalue weighted by atomic mass is 19.1. The minimum atomic E-state index is -0.576. The van der Waals surface area contributed by atoms with Crippen LogP contribution in [-0.2, 0) is 6.42 Å². The Bertz CT molecular complexity index is 1570. The van der Waals surface area contributed by atoms with E-state index in [1.807, 2.05) is 26.0 Å². The lowest BCUT2D eigenvalue weighted by atomic mass is 9.93. The summed E-state index contributed by atoms with van der Waals surface area (Å²) >= 11 is 0. The lowest BCUT2D eigenvalue weighted by Crippen LogP contribution is -2.35. The van der Waals surface area contributed by atoms with Crippen molar-refractivity contribution in [1.82, 2.24) is 15.0 Å². The van der Waals surface area contributed by atoms with E-state index in [0.717, 1.165) is 49.7 Å². The number of aromatic nitrogens is 3. The number of rotatable bonds is 7. The van der Waals surface area contributed by atoms with Crippen molar-refractivity contribution in [3.05, 3.63) is 53.2 Å². The summed E-state index contributed by atoms with van der Waals surface area (Å²) in [6.45, 7) is 7.97. The van der Waals surface area contributed by atoms with Crippen molar-refractivity contribution in [2.24, 2.45) is 11.3 Å². The van der Waals surface area contributed by atoms with Gasteiger partial charge in [0.15, 0.2) is 5.82 Å². The average Bonchev–Trinajstić information content (AvgIpc) is 3.72. The zero-order valence-corrected chi connectivity index (χ0v) is 22.7. The second kappa shape index (κ2) is 9.97. The molecule has 0 unspecified atom stereocenters. The highest BCUT2D eigenvalue weighted by Crippen LogP contribution is 2.45. The summed E-state index contributed by atoms with van der Waals surface area (Å²) in [6, 6.07) is 7.14. The van der Waals surface area contributed by atoms with Crippen LogP contribution in [0.5, 0.6) is 6.01 Å². The molecule has 8 heteroatoms. The molecule has 0 radical (unpaired) electrons. The van der Waals surface area contributed by atoms with Crippen LogP contribution in [0.3, 0.4) is 0 Å². The minimum Gasteiger partial charge on any atom is -0.463 e. The van der Waals surface area contributed by atoms with Gasteiger partial charge in [-0.25, -0.2) is 8.78 Å². The van der Waals surface area contributed by atoms with Crippen molar-refractivity contribution < 1.29 is 18.6 Å². The van der Waals surface area contributed by atoms with Crippen LogP contribution in [0.2, 0.25) is 0 Å². The molecule has 6 rings (SSSR count). The molecule has 2 fully saturated rings. The van der Waals surface area contributed by atoms with E-state index in [2.05, 4.69) is 21.8 Å². The van der Waals surface area contributed by atoms with Gasteiger partial charge in [0, 0.05) is 30.3 Å². The molecule has 204 valence electrons. The van der Waals surface area contributed by atoms with Crippen LogP contribution in [-0.4, -0.2) is 46.4 Å². The molecule has 1 saturated carbocycles. The molecule has 3 heterocycles. The molecular formula is C31H34F2N4O2. The normalized spacial score (nSPS) is 18.6. The molecular weight excluding hydrogens is 498 g/mol. The minimum absolute atomic E-state index is 0.0380. The fraction of sp³-hybridized carbons (Fsp3) is 0.452. The number of hydrogen-bond acceptors (Lipinski definition) is 6. The van der Waals surface area contributed by atoms with Crippen LogP contribution in [0.25, 0.3) is 32.9 Å². The number of hydrogen-bond donors (Lipinski definition) is 1. The van der Waals surface area contributed by atoms with Crippen LogP contribution in [0.4, 0.5) is 14.6 Å². The number of aliphatic hydroxyl groups excluding tert-OH is 1. The number of piperidine rings is 1. The second-order valence-electron chi connectivity index (χ2n) is 11.4. The number of nitrogens with zero attached hydrogens (tertiary/aromatic N) is 4. The fourth-order valence-electron chi connectivity index (χ4n) is 5.84. The Morgan fingerprint density at radius 3 is 2.72 bits per heavy atom. The zero-order valence-electron chi connectivity index (χ0n) is 22.7. The lowest BCUT2D eigenvalue weighted by Gasteiger charge is -2.32. The van der Waals surface area contributed by atoms with Crippen molar-refractivity contribution in [2.45, 2.75) is 52.9 Å². The highest BCUT2D eigenvalue weighted by molar-refractivity contribution is 6.01. The summed E-state index contributed by atoms with van der Waals surface area (Å²) in [5, 5.41) is 11.8. The Morgan fingerprint density at radius 2 is 2.00 bits per heavy atom. The molecule has 6 nitrogen and oxygen atoms in total. The van der Waals surface area contributed by atoms with Crippen molar-refractivity contribution in [3.8, 4) is 17.3 Å². The Balaban J connectivity index is 1.54. The third kappa shape index (κ3) is 4.69. The number of ether oxygens (including phenoxy) is 1. The number of halogens is 2. The molecule has 0 amide bonds. The third-order valence-electron chi connectivity index (χ3n) is 8.32. The first-order valence-corrected chi connectivity index (χ1v) is 13.9. The molecule has 1 aliphatic carbocycles. The van der Waals surface area contributed by atoms with E-state index in [0.29, 0.717) is 40.1 Å². The SMILES string of the molecule is CCc1c(F)ccc2cc(C)cc(-c3ncc4c(N5CCC[C@H](C)C5)nc(OCC5(CO)CC5)nc4c3F)c12. The van der Waals surface area contributed by atoms with E-state index < -0.39 is 5.82 Å². The van der Waals surface area contributed by atoms with Crippen molar-refractivity contribution in [3.63, 3.8) is 0 Å². The summed E-state index contributed by atoms with van der Waals surface area (Å²) in [6.07, 6.45) is 6.03. The summed E-state index contributed by atoms with van der Waals surface area (Å²) in [5.74, 6) is 0.208. The highest BCUT2D eigenvalue weighted by Gasteiger charge is 2.43. The molecule has 2 aromatic heterocycles. The van der Waals surface area contributed by atoms with Crippen LogP contribution in [0.15, 0.2) is 30.5 Å². The molecule has 1 atom stereocenters. The van der Waals surface area contributed by atoms with Gasteiger partial charge in [0.2, 0.25) is 0 Å². The summed E-state index contributed by atoms with van der Waals surface area (Å²) in [4.78, 5) is 16.0. The number of anilines is 1. The Kier molecular flexibility index (Phi) is 6.61. The van der Waals surface area contributed by atoms with Crippen LogP contribution >= 0.6 is 0 Å². The van der Waals surface area contributed by atoms with Gasteiger partial charge in [0.05, 0.1) is 18.6 Å². The molecule has 39 heavy (non-hydrogen) atoms. The molecule has 2 aromatic carbocycles. The first-order valence-electron chi connectivity index (χ1n) is 13.9. The van der Waals surface area contributed by atoms with Crippen molar-refractivity contribution >= 4 is 27.5 Å². The first kappa shape index (κ1) is 25.9. The van der Waals surface area contributed by atoms with E-state index in [1.54, 1.807) is 12.3 Å². The molecule has 1 N–H and O–H groups in total. The molecule has 4 aromatic rings. The summed E-state index contributed by atoms with van der Waals surface area (Å²) < 4.78 is 37.4. The molecule has 2 aliphatic rings. The largest absolute Gasteiger partial charge is 0.463 e. The number of aliphatic hydroxyl groups is 1. The molecule has 0 bridgehead atoms. The zero-order chi connectivity index (χ0) is 27.3. The predicted molar refractivity (Wildman–Crippen MR) is 149 cm³/mol. The van der Waals surface area contributed by atoms with E-state index in [-0.39, 0.29) is 41.7 Å². The molecule has 0 spiro atoms. The Labute approximate surface area is 227 Å². The Morgan fingerprint density at radius 1 is 1.18 bits per heavy atom. The van der Waals surface area contributed by atoms with Gasteiger partial charge in [0.25, 0.3) is 0 Å². The average molecular weight is 533 g/mol. The van der Waals surface area contributed by atoms with Gasteiger partial charge in [-0.05, 0) is 79.0 Å². The van der Waals surface area contributed by atoms with E-state index >= 15 is 4.39 Å². The van der Waals surface area contributed by atoms with E-state index in [1.165, 1.54) is 6.07 Å². The quantitative estimate of drug-likeness (QED) is 0.298. The lowest BCUT2D eigenvalue weighted by molar-refractivity contribution is 0.140. The molecule has 1 aliphatic heterocycles. The maximum absolute atomic E-state index is 16.5. The van der Waals surface area contributed by atoms with Crippen molar-refractivity contribution in [2.75, 3.05) is 31.2 Å². The maximum atomic E-state index is 16.5. The number of aryl methyl sites for hydroxylation is 2. The first-order chi connectivity index (χ1) is 18.8. The van der Waals surface area contributed by atoms with Gasteiger partial charge in [-0.1, -0.05) is 26.0 Å². The standard InChI is InChI=1S/C31H34F2N4O2/c1-4-21-24(32)8-7-20-12-19(3)13-22(25(20)21)27-26(33)28-23(14-34-27)29(37-11-5-6-18(2)15-37)36-30(35-28)39-17-31(16-38)9-10-31/h7-8,12-14,18,38H,4-6,9-11,15-17H2,1-3H3/t18-/m0/s1. The number of fused-ring (bicyclic) bond motifs is 2. The monoisotopic (exact) mass is 532 g/mol. The van der Waals surface area contributed by atoms with Gasteiger partial charge in [-0.3, -0.25) is 4.98 Å². The van der Waals surface area contributed by atoms with Crippen LogP contribution in [0.1, 0.15) is 50.7 Å². The maximum Gasteiger partial charge on any atom is 0.319 e. The fourth-order valence-corrected chi connectivity index (χ4v) is 5.84. The van der Waals surface area contributed by atoms with Crippen molar-refractivity contribution in [1.29, 1.82) is 0 Å². The second-order valence-corrected chi connectivity index (χ2v) is 11.4. The topological polar surface area (TPSA) is 71.4 Å². The van der Waals surface area contributed by atoms with E-state index in [4.69, 9.17) is 9.72 Å². The predicted octanol–water partition coefficient (Wildman–Crippen LogP) is 6.38. The van der Waals surface area contributed by atoms with E-state index in [9.17, 15) is 9.50 Å². The summed E-state index contributed by atoms with van der Waals surface area (Å²) in [5.41, 5.74) is 2.02.